The number of ether oxygens (including phenoxy) is 1. The number of carbonyl (C=O) groups excluding carboxylic acids is 1. The maximum Gasteiger partial charge on any atom is 0.240 e. The molecule has 1 heterocycles. The van der Waals surface area contributed by atoms with Gasteiger partial charge in [-0.1, -0.05) is 37.6 Å². The van der Waals surface area contributed by atoms with Crippen LogP contribution in [0.5, 0.6) is 5.75 Å². The van der Waals surface area contributed by atoms with Crippen molar-refractivity contribution < 1.29 is 9.53 Å². The molecule has 0 bridgehead atoms. The van der Waals surface area contributed by atoms with Gasteiger partial charge >= 0.3 is 0 Å². The molecule has 2 N–H and O–H groups in total. The van der Waals surface area contributed by atoms with Crippen LogP contribution in [-0.2, 0) is 11.3 Å². The van der Waals surface area contributed by atoms with Crippen LogP contribution in [0.1, 0.15) is 25.5 Å². The van der Waals surface area contributed by atoms with E-state index in [4.69, 9.17) is 28.6 Å². The summed E-state index contributed by atoms with van der Waals surface area (Å²) in [5.74, 6) is 1.43. The van der Waals surface area contributed by atoms with Crippen LogP contribution >= 0.6 is 23.8 Å². The maximum absolute atomic E-state index is 12.8. The number of nitrogens with zero attached hydrogens (tertiary/aromatic N) is 2. The molecular weight excluding hydrogens is 408 g/mol. The smallest absolute Gasteiger partial charge is 0.240 e. The second-order valence-corrected chi connectivity index (χ2v) is 7.83. The lowest BCUT2D eigenvalue weighted by atomic mass is 9.96. The number of H-pyrrole nitrogens is 1. The molecule has 1 unspecified atom stereocenters. The molecule has 0 aliphatic heterocycles. The first-order chi connectivity index (χ1) is 13.9. The van der Waals surface area contributed by atoms with Crippen LogP contribution in [0.15, 0.2) is 48.5 Å². The monoisotopic (exact) mass is 430 g/mol. The van der Waals surface area contributed by atoms with Crippen LogP contribution in [0.4, 0.5) is 0 Å². The van der Waals surface area contributed by atoms with E-state index in [1.807, 2.05) is 36.4 Å². The average Bonchev–Trinajstić information content (AvgIpc) is 3.07. The van der Waals surface area contributed by atoms with Gasteiger partial charge in [-0.15, -0.1) is 0 Å². The van der Waals surface area contributed by atoms with Gasteiger partial charge in [-0.3, -0.25) is 14.5 Å². The Morgan fingerprint density at radius 1 is 1.21 bits per heavy atom. The molecule has 29 heavy (non-hydrogen) atoms. The van der Waals surface area contributed by atoms with Crippen molar-refractivity contribution in [1.29, 1.82) is 0 Å². The number of rotatable bonds is 7. The van der Waals surface area contributed by atoms with E-state index in [0.717, 1.165) is 16.9 Å². The Labute approximate surface area is 179 Å². The quantitative estimate of drug-likeness (QED) is 0.529. The summed E-state index contributed by atoms with van der Waals surface area (Å²) in [5.41, 5.74) is 1.84. The first-order valence-corrected chi connectivity index (χ1v) is 10.0. The third kappa shape index (κ3) is 5.05. The lowest BCUT2D eigenvalue weighted by Gasteiger charge is -2.23. The van der Waals surface area contributed by atoms with Gasteiger partial charge in [0.25, 0.3) is 0 Å². The molecule has 1 amide bonds. The summed E-state index contributed by atoms with van der Waals surface area (Å²) >= 11 is 11.3. The average molecular weight is 431 g/mol. The van der Waals surface area contributed by atoms with Gasteiger partial charge in [-0.2, -0.15) is 5.10 Å². The Hall–Kier alpha value is -2.64. The number of aromatic nitrogens is 3. The van der Waals surface area contributed by atoms with Crippen molar-refractivity contribution in [2.75, 3.05) is 7.11 Å². The normalized spacial score (nSPS) is 12.0. The molecule has 2 aromatic carbocycles. The molecule has 0 radical (unpaired) electrons. The largest absolute Gasteiger partial charge is 0.497 e. The minimum Gasteiger partial charge on any atom is -0.497 e. The SMILES string of the molecule is COc1ccc(C(NC(=O)Cn2c(-c3ccc(Cl)cc3)n[nH]c2=S)C(C)C)cc1. The molecule has 6 nitrogen and oxygen atoms in total. The van der Waals surface area contributed by atoms with E-state index in [2.05, 4.69) is 29.4 Å². The summed E-state index contributed by atoms with van der Waals surface area (Å²) in [6.45, 7) is 4.20. The molecule has 0 aliphatic rings. The fourth-order valence-electron chi connectivity index (χ4n) is 3.09. The Bertz CT molecular complexity index is 1030. The van der Waals surface area contributed by atoms with E-state index in [1.165, 1.54) is 0 Å². The van der Waals surface area contributed by atoms with Gasteiger partial charge in [0.2, 0.25) is 5.91 Å². The maximum atomic E-state index is 12.8. The van der Waals surface area contributed by atoms with Gasteiger partial charge < -0.3 is 10.1 Å². The number of hydrogen-bond acceptors (Lipinski definition) is 4. The summed E-state index contributed by atoms with van der Waals surface area (Å²) in [6, 6.07) is 14.8. The highest BCUT2D eigenvalue weighted by atomic mass is 35.5. The number of hydrogen-bond donors (Lipinski definition) is 2. The molecule has 0 saturated carbocycles. The van der Waals surface area contributed by atoms with E-state index in [1.54, 1.807) is 23.8 Å². The minimum atomic E-state index is -0.146. The number of methoxy groups -OCH3 is 1. The minimum absolute atomic E-state index is 0.0622. The summed E-state index contributed by atoms with van der Waals surface area (Å²) in [7, 11) is 1.63. The van der Waals surface area contributed by atoms with Gasteiger partial charge in [-0.05, 0) is 60.1 Å². The number of nitrogens with one attached hydrogen (secondary N) is 2. The summed E-state index contributed by atoms with van der Waals surface area (Å²) in [6.07, 6.45) is 0. The van der Waals surface area contributed by atoms with Crippen LogP contribution in [-0.4, -0.2) is 27.8 Å². The van der Waals surface area contributed by atoms with Crippen molar-refractivity contribution in [3.63, 3.8) is 0 Å². The van der Waals surface area contributed by atoms with E-state index in [-0.39, 0.29) is 24.4 Å². The van der Waals surface area contributed by atoms with E-state index >= 15 is 0 Å². The van der Waals surface area contributed by atoms with E-state index in [9.17, 15) is 4.79 Å². The lowest BCUT2D eigenvalue weighted by Crippen LogP contribution is -2.34. The molecule has 1 aromatic heterocycles. The molecule has 0 aliphatic carbocycles. The van der Waals surface area contributed by atoms with Crippen LogP contribution in [0.25, 0.3) is 11.4 Å². The van der Waals surface area contributed by atoms with E-state index < -0.39 is 0 Å². The number of halogens is 1. The second kappa shape index (κ2) is 9.24. The van der Waals surface area contributed by atoms with Gasteiger partial charge in [-0.25, -0.2) is 0 Å². The van der Waals surface area contributed by atoms with Crippen molar-refractivity contribution in [3.8, 4) is 17.1 Å². The van der Waals surface area contributed by atoms with Gasteiger partial charge in [0.1, 0.15) is 12.3 Å². The Balaban J connectivity index is 1.79. The zero-order valence-corrected chi connectivity index (χ0v) is 18.1. The van der Waals surface area contributed by atoms with Gasteiger partial charge in [0.05, 0.1) is 13.2 Å². The number of carbonyl (C=O) groups is 1. The predicted octanol–water partition coefficient (Wildman–Crippen LogP) is 4.78. The Morgan fingerprint density at radius 2 is 1.86 bits per heavy atom. The highest BCUT2D eigenvalue weighted by Crippen LogP contribution is 2.24. The van der Waals surface area contributed by atoms with Crippen molar-refractivity contribution in [2.45, 2.75) is 26.4 Å². The molecular formula is C21H23ClN4O2S. The van der Waals surface area contributed by atoms with Crippen LogP contribution in [0.2, 0.25) is 5.02 Å². The second-order valence-electron chi connectivity index (χ2n) is 7.01. The summed E-state index contributed by atoms with van der Waals surface area (Å²) in [5, 5.41) is 10.8. The Morgan fingerprint density at radius 3 is 2.45 bits per heavy atom. The fraction of sp³-hybridized carbons (Fsp3) is 0.286. The molecule has 3 rings (SSSR count). The number of aromatic amines is 1. The van der Waals surface area contributed by atoms with Gasteiger partial charge in [0, 0.05) is 10.6 Å². The lowest BCUT2D eigenvalue weighted by molar-refractivity contribution is -0.122. The fourth-order valence-corrected chi connectivity index (χ4v) is 3.42. The van der Waals surface area contributed by atoms with Crippen molar-refractivity contribution in [3.05, 3.63) is 63.9 Å². The molecule has 1 atom stereocenters. The van der Waals surface area contributed by atoms with E-state index in [0.29, 0.717) is 15.6 Å². The molecule has 0 fully saturated rings. The first kappa shape index (κ1) is 21.1. The standard InChI is InChI=1S/C21H23ClN4O2S/c1-13(2)19(14-6-10-17(28-3)11-7-14)23-18(27)12-26-20(24-25-21(26)29)15-4-8-16(22)9-5-15/h4-11,13,19H,12H2,1-3H3,(H,23,27)(H,25,29). The zero-order valence-electron chi connectivity index (χ0n) is 16.5. The number of benzene rings is 2. The molecule has 3 aromatic rings. The van der Waals surface area contributed by atoms with Crippen LogP contribution in [0.3, 0.4) is 0 Å². The Kier molecular flexibility index (Phi) is 6.71. The highest BCUT2D eigenvalue weighted by molar-refractivity contribution is 7.71. The van der Waals surface area contributed by atoms with Gasteiger partial charge in [0.15, 0.2) is 10.6 Å². The topological polar surface area (TPSA) is 71.9 Å². The predicted molar refractivity (Wildman–Crippen MR) is 117 cm³/mol. The zero-order chi connectivity index (χ0) is 21.0. The third-order valence-electron chi connectivity index (χ3n) is 4.62. The van der Waals surface area contributed by atoms with Crippen molar-refractivity contribution in [2.24, 2.45) is 5.92 Å². The summed E-state index contributed by atoms with van der Waals surface area (Å²) < 4.78 is 7.28. The molecule has 152 valence electrons. The van der Waals surface area contributed by atoms with Crippen molar-refractivity contribution in [1.82, 2.24) is 20.1 Å². The van der Waals surface area contributed by atoms with Crippen LogP contribution in [0, 0.1) is 10.7 Å². The molecule has 0 spiro atoms. The molecule has 8 heteroatoms. The third-order valence-corrected chi connectivity index (χ3v) is 5.18. The van der Waals surface area contributed by atoms with Crippen LogP contribution < -0.4 is 10.1 Å². The van der Waals surface area contributed by atoms with Crippen molar-refractivity contribution >= 4 is 29.7 Å². The first-order valence-electron chi connectivity index (χ1n) is 9.23. The molecule has 0 saturated heterocycles. The highest BCUT2D eigenvalue weighted by Gasteiger charge is 2.20. The number of amides is 1. The summed E-state index contributed by atoms with van der Waals surface area (Å²) in [4.78, 5) is 12.8.